The Morgan fingerprint density at radius 1 is 1.41 bits per heavy atom. The van der Waals surface area contributed by atoms with Crippen molar-refractivity contribution < 1.29 is 4.79 Å². The second-order valence-corrected chi connectivity index (χ2v) is 4.39. The molecule has 1 atom stereocenters. The summed E-state index contributed by atoms with van der Waals surface area (Å²) in [6.07, 6.45) is 1.39. The van der Waals surface area contributed by atoms with Crippen LogP contribution in [0.1, 0.15) is 25.2 Å². The summed E-state index contributed by atoms with van der Waals surface area (Å²) in [6.45, 7) is 1.53. The Hall–Kier alpha value is -1.97. The van der Waals surface area contributed by atoms with Crippen molar-refractivity contribution in [1.82, 2.24) is 9.55 Å². The maximum atomic E-state index is 12.3. The summed E-state index contributed by atoms with van der Waals surface area (Å²) in [7, 11) is 0. The summed E-state index contributed by atoms with van der Waals surface area (Å²) in [5.41, 5.74) is 0.622. The van der Waals surface area contributed by atoms with Crippen LogP contribution in [0, 0.1) is 0 Å². The van der Waals surface area contributed by atoms with Gasteiger partial charge in [-0.15, -0.1) is 0 Å². The summed E-state index contributed by atoms with van der Waals surface area (Å²) in [5, 5.41) is 0.587. The lowest BCUT2D eigenvalue weighted by Gasteiger charge is -2.11. The highest BCUT2D eigenvalue weighted by Crippen LogP contribution is 2.24. The van der Waals surface area contributed by atoms with Gasteiger partial charge >= 0.3 is 0 Å². The molecule has 1 aromatic carbocycles. The molecule has 17 heavy (non-hydrogen) atoms. The zero-order valence-corrected chi connectivity index (χ0v) is 9.51. The molecule has 86 valence electrons. The molecule has 0 N–H and O–H groups in total. The third-order valence-corrected chi connectivity index (χ3v) is 3.30. The van der Waals surface area contributed by atoms with E-state index in [2.05, 4.69) is 4.98 Å². The maximum absolute atomic E-state index is 12.3. The van der Waals surface area contributed by atoms with Gasteiger partial charge in [0.1, 0.15) is 5.82 Å². The van der Waals surface area contributed by atoms with Crippen molar-refractivity contribution in [2.24, 2.45) is 0 Å². The number of fused-ring (bicyclic) bond motifs is 2. The topological polar surface area (TPSA) is 52.0 Å². The fourth-order valence-corrected chi connectivity index (χ4v) is 2.47. The Bertz CT molecular complexity index is 673. The van der Waals surface area contributed by atoms with Crippen molar-refractivity contribution in [3.63, 3.8) is 0 Å². The smallest absolute Gasteiger partial charge is 0.262 e. The molecule has 0 radical (unpaired) electrons. The Kier molecular flexibility index (Phi) is 2.11. The van der Waals surface area contributed by atoms with Gasteiger partial charge in [0.15, 0.2) is 5.78 Å². The summed E-state index contributed by atoms with van der Waals surface area (Å²) in [4.78, 5) is 28.3. The number of benzene rings is 1. The van der Waals surface area contributed by atoms with Gasteiger partial charge in [-0.2, -0.15) is 0 Å². The van der Waals surface area contributed by atoms with Gasteiger partial charge in [0.2, 0.25) is 0 Å². The van der Waals surface area contributed by atoms with E-state index in [9.17, 15) is 9.59 Å². The lowest BCUT2D eigenvalue weighted by molar-refractivity contribution is -0.119. The first-order valence-corrected chi connectivity index (χ1v) is 5.69. The first kappa shape index (κ1) is 10.2. The molecule has 2 aromatic rings. The predicted octanol–water partition coefficient (Wildman–Crippen LogP) is 1.47. The number of ketones is 1. The number of carbonyl (C=O) groups excluding carboxylic acids is 1. The number of aromatic nitrogens is 2. The SMILES string of the molecule is CC(=O)C1CCc2nc3ccccc3c(=O)n21. The molecule has 4 nitrogen and oxygen atoms in total. The molecule has 2 heterocycles. The van der Waals surface area contributed by atoms with Crippen molar-refractivity contribution in [2.45, 2.75) is 25.8 Å². The fourth-order valence-electron chi connectivity index (χ4n) is 2.47. The van der Waals surface area contributed by atoms with E-state index in [1.165, 1.54) is 6.92 Å². The number of nitrogens with zero attached hydrogens (tertiary/aromatic N) is 2. The lowest BCUT2D eigenvalue weighted by atomic mass is 10.1. The predicted molar refractivity (Wildman–Crippen MR) is 64.0 cm³/mol. The average molecular weight is 228 g/mol. The van der Waals surface area contributed by atoms with Gasteiger partial charge in [0.25, 0.3) is 5.56 Å². The third-order valence-electron chi connectivity index (χ3n) is 3.30. The minimum Gasteiger partial charge on any atom is -0.298 e. The number of aryl methyl sites for hydroxylation is 1. The molecule has 0 fully saturated rings. The van der Waals surface area contributed by atoms with E-state index in [-0.39, 0.29) is 17.4 Å². The summed E-state index contributed by atoms with van der Waals surface area (Å²) in [5.74, 6) is 0.761. The molecule has 1 aromatic heterocycles. The van der Waals surface area contributed by atoms with Crippen LogP contribution >= 0.6 is 0 Å². The number of rotatable bonds is 1. The van der Waals surface area contributed by atoms with Crippen LogP contribution in [0.2, 0.25) is 0 Å². The molecular weight excluding hydrogens is 216 g/mol. The van der Waals surface area contributed by atoms with Crippen molar-refractivity contribution >= 4 is 16.7 Å². The number of hydrogen-bond donors (Lipinski definition) is 0. The van der Waals surface area contributed by atoms with Crippen LogP contribution in [0.15, 0.2) is 29.1 Å². The largest absolute Gasteiger partial charge is 0.298 e. The molecule has 1 aliphatic rings. The zero-order chi connectivity index (χ0) is 12.0. The third kappa shape index (κ3) is 1.40. The van der Waals surface area contributed by atoms with Gasteiger partial charge in [0.05, 0.1) is 16.9 Å². The number of carbonyl (C=O) groups is 1. The number of Topliss-reactive ketones (excluding diaryl/α,β-unsaturated/α-hetero) is 1. The molecule has 0 spiro atoms. The molecule has 4 heteroatoms. The number of hydrogen-bond acceptors (Lipinski definition) is 3. The first-order valence-electron chi connectivity index (χ1n) is 5.69. The van der Waals surface area contributed by atoms with Crippen molar-refractivity contribution in [1.29, 1.82) is 0 Å². The highest BCUT2D eigenvalue weighted by molar-refractivity contribution is 5.82. The Morgan fingerprint density at radius 3 is 2.94 bits per heavy atom. The molecular formula is C13H12N2O2. The van der Waals surface area contributed by atoms with E-state index in [1.54, 1.807) is 10.6 Å². The van der Waals surface area contributed by atoms with E-state index < -0.39 is 0 Å². The quantitative estimate of drug-likeness (QED) is 0.742. The van der Waals surface area contributed by atoms with E-state index in [0.717, 1.165) is 5.82 Å². The zero-order valence-electron chi connectivity index (χ0n) is 9.51. The summed E-state index contributed by atoms with van der Waals surface area (Å²) < 4.78 is 1.56. The van der Waals surface area contributed by atoms with E-state index >= 15 is 0 Å². The molecule has 0 amide bonds. The van der Waals surface area contributed by atoms with Crippen LogP contribution in [-0.2, 0) is 11.2 Å². The Balaban J connectivity index is 2.37. The van der Waals surface area contributed by atoms with Crippen LogP contribution < -0.4 is 5.56 Å². The first-order chi connectivity index (χ1) is 8.18. The van der Waals surface area contributed by atoms with E-state index in [1.807, 2.05) is 18.2 Å². The molecule has 0 bridgehead atoms. The van der Waals surface area contributed by atoms with Crippen LogP contribution in [0.4, 0.5) is 0 Å². The number of para-hydroxylation sites is 1. The van der Waals surface area contributed by atoms with Gasteiger partial charge in [-0.3, -0.25) is 14.2 Å². The molecule has 1 aliphatic heterocycles. The maximum Gasteiger partial charge on any atom is 0.262 e. The Morgan fingerprint density at radius 2 is 2.18 bits per heavy atom. The lowest BCUT2D eigenvalue weighted by Crippen LogP contribution is -2.27. The monoisotopic (exact) mass is 228 g/mol. The van der Waals surface area contributed by atoms with Crippen LogP contribution in [0.25, 0.3) is 10.9 Å². The van der Waals surface area contributed by atoms with Gasteiger partial charge in [-0.25, -0.2) is 4.98 Å². The summed E-state index contributed by atoms with van der Waals surface area (Å²) in [6, 6.07) is 6.94. The molecule has 0 saturated heterocycles. The Labute approximate surface area is 97.9 Å². The normalized spacial score (nSPS) is 18.3. The standard InChI is InChI=1S/C13H12N2O2/c1-8(16)11-6-7-12-14-10-5-3-2-4-9(10)13(17)15(11)12/h2-5,11H,6-7H2,1H3. The highest BCUT2D eigenvalue weighted by Gasteiger charge is 2.28. The van der Waals surface area contributed by atoms with E-state index in [0.29, 0.717) is 23.7 Å². The molecule has 3 rings (SSSR count). The second-order valence-electron chi connectivity index (χ2n) is 4.39. The van der Waals surface area contributed by atoms with Crippen molar-refractivity contribution in [3.05, 3.63) is 40.4 Å². The highest BCUT2D eigenvalue weighted by atomic mass is 16.1. The minimum atomic E-state index is -0.324. The van der Waals surface area contributed by atoms with Crippen LogP contribution in [0.3, 0.4) is 0 Å². The van der Waals surface area contributed by atoms with Crippen molar-refractivity contribution in [2.75, 3.05) is 0 Å². The van der Waals surface area contributed by atoms with Gasteiger partial charge in [-0.05, 0) is 25.5 Å². The molecule has 1 unspecified atom stereocenters. The average Bonchev–Trinajstić information content (AvgIpc) is 2.73. The van der Waals surface area contributed by atoms with E-state index in [4.69, 9.17) is 0 Å². The van der Waals surface area contributed by atoms with Crippen molar-refractivity contribution in [3.8, 4) is 0 Å². The molecule has 0 saturated carbocycles. The molecule has 0 aliphatic carbocycles. The van der Waals surface area contributed by atoms with Crippen LogP contribution in [-0.4, -0.2) is 15.3 Å². The second kappa shape index (κ2) is 3.52. The fraction of sp³-hybridized carbons (Fsp3) is 0.308. The summed E-state index contributed by atoms with van der Waals surface area (Å²) >= 11 is 0. The van der Waals surface area contributed by atoms with Crippen LogP contribution in [0.5, 0.6) is 0 Å². The van der Waals surface area contributed by atoms with Gasteiger partial charge < -0.3 is 0 Å². The minimum absolute atomic E-state index is 0.0305. The van der Waals surface area contributed by atoms with Gasteiger partial charge in [-0.1, -0.05) is 12.1 Å². The van der Waals surface area contributed by atoms with Gasteiger partial charge in [0, 0.05) is 6.42 Å².